The monoisotopic (exact) mass is 350 g/mol. The minimum atomic E-state index is -3.65. The highest BCUT2D eigenvalue weighted by Crippen LogP contribution is 2.39. The van der Waals surface area contributed by atoms with Crippen LogP contribution in [0.15, 0.2) is 33.7 Å². The zero-order valence-electron chi connectivity index (χ0n) is 13.3. The van der Waals surface area contributed by atoms with Crippen molar-refractivity contribution in [2.75, 3.05) is 19.8 Å². The van der Waals surface area contributed by atoms with Crippen LogP contribution in [0, 0.1) is 6.92 Å². The first kappa shape index (κ1) is 15.5. The summed E-state index contributed by atoms with van der Waals surface area (Å²) in [7, 11) is -3.65. The molecule has 128 valence electrons. The Morgan fingerprint density at radius 2 is 1.96 bits per heavy atom. The Labute approximate surface area is 140 Å². The maximum Gasteiger partial charge on any atom is 0.243 e. The van der Waals surface area contributed by atoms with Crippen LogP contribution in [0.1, 0.15) is 30.3 Å². The maximum absolute atomic E-state index is 13.1. The van der Waals surface area contributed by atoms with Gasteiger partial charge in [-0.2, -0.15) is 4.31 Å². The van der Waals surface area contributed by atoms with Crippen molar-refractivity contribution < 1.29 is 22.4 Å². The Hall–Kier alpha value is -2.06. The standard InChI is InChI=1S/C16H18N2O5S/c1-11-9-15(23-17-11)13-3-2-6-18(13)24(19,20)12-4-5-14-16(10-12)22-8-7-21-14/h4-5,9-10,13H,2-3,6-8H2,1H3/t13-/m0/s1. The van der Waals surface area contributed by atoms with Crippen LogP contribution < -0.4 is 9.47 Å². The Bertz CT molecular complexity index is 861. The lowest BCUT2D eigenvalue weighted by molar-refractivity contribution is 0.171. The topological polar surface area (TPSA) is 81.9 Å². The molecule has 0 spiro atoms. The van der Waals surface area contributed by atoms with Gasteiger partial charge < -0.3 is 14.0 Å². The molecule has 0 aliphatic carbocycles. The number of sulfonamides is 1. The number of aromatic nitrogens is 1. The Balaban J connectivity index is 1.69. The molecule has 8 heteroatoms. The number of fused-ring (bicyclic) bond motifs is 1. The fourth-order valence-electron chi connectivity index (χ4n) is 3.17. The number of benzene rings is 1. The van der Waals surface area contributed by atoms with Gasteiger partial charge in [0.05, 0.1) is 16.6 Å². The first-order valence-corrected chi connectivity index (χ1v) is 9.34. The minimum Gasteiger partial charge on any atom is -0.486 e. The Kier molecular flexibility index (Phi) is 3.73. The van der Waals surface area contributed by atoms with E-state index in [9.17, 15) is 8.42 Å². The molecule has 3 heterocycles. The average Bonchev–Trinajstić information content (AvgIpc) is 3.23. The molecule has 2 aliphatic rings. The summed E-state index contributed by atoms with van der Waals surface area (Å²) >= 11 is 0. The van der Waals surface area contributed by atoms with E-state index in [-0.39, 0.29) is 10.9 Å². The summed E-state index contributed by atoms with van der Waals surface area (Å²) in [4.78, 5) is 0.204. The van der Waals surface area contributed by atoms with Crippen molar-refractivity contribution in [1.29, 1.82) is 0 Å². The minimum absolute atomic E-state index is 0.204. The summed E-state index contributed by atoms with van der Waals surface area (Å²) in [6, 6.07) is 6.21. The molecule has 0 unspecified atom stereocenters. The lowest BCUT2D eigenvalue weighted by atomic mass is 10.2. The van der Waals surface area contributed by atoms with E-state index in [1.54, 1.807) is 18.2 Å². The molecule has 0 N–H and O–H groups in total. The van der Waals surface area contributed by atoms with Crippen LogP contribution in [-0.4, -0.2) is 37.6 Å². The van der Waals surface area contributed by atoms with Gasteiger partial charge in [-0.15, -0.1) is 0 Å². The number of nitrogens with zero attached hydrogens (tertiary/aromatic N) is 2. The zero-order valence-corrected chi connectivity index (χ0v) is 14.1. The van der Waals surface area contributed by atoms with Crippen LogP contribution >= 0.6 is 0 Å². The first-order valence-electron chi connectivity index (χ1n) is 7.90. The van der Waals surface area contributed by atoms with Crippen LogP contribution in [0.25, 0.3) is 0 Å². The molecule has 4 rings (SSSR count). The molecule has 0 radical (unpaired) electrons. The van der Waals surface area contributed by atoms with Crippen LogP contribution in [0.5, 0.6) is 11.5 Å². The molecular formula is C16H18N2O5S. The number of ether oxygens (including phenoxy) is 2. The summed E-state index contributed by atoms with van der Waals surface area (Å²) < 4.78 is 43.9. The summed E-state index contributed by atoms with van der Waals surface area (Å²) in [5, 5.41) is 3.88. The van der Waals surface area contributed by atoms with Gasteiger partial charge in [0.25, 0.3) is 0 Å². The second-order valence-corrected chi connectivity index (χ2v) is 7.84. The van der Waals surface area contributed by atoms with Gasteiger partial charge in [-0.25, -0.2) is 8.42 Å². The van der Waals surface area contributed by atoms with E-state index in [4.69, 9.17) is 14.0 Å². The third kappa shape index (κ3) is 2.55. The number of rotatable bonds is 3. The van der Waals surface area contributed by atoms with Crippen LogP contribution in [0.4, 0.5) is 0 Å². The third-order valence-corrected chi connectivity index (χ3v) is 6.20. The van der Waals surface area contributed by atoms with E-state index < -0.39 is 10.0 Å². The lowest BCUT2D eigenvalue weighted by Crippen LogP contribution is -2.30. The van der Waals surface area contributed by atoms with Gasteiger partial charge in [0.2, 0.25) is 10.0 Å². The molecule has 1 atom stereocenters. The first-order chi connectivity index (χ1) is 11.6. The van der Waals surface area contributed by atoms with Crippen LogP contribution in [0.3, 0.4) is 0 Å². The summed E-state index contributed by atoms with van der Waals surface area (Å²) in [6.45, 7) is 3.17. The molecule has 0 amide bonds. The van der Waals surface area contributed by atoms with Crippen molar-refractivity contribution in [2.24, 2.45) is 0 Å². The maximum atomic E-state index is 13.1. The molecule has 0 saturated carbocycles. The van der Waals surface area contributed by atoms with Crippen molar-refractivity contribution in [2.45, 2.75) is 30.7 Å². The molecule has 0 bridgehead atoms. The largest absolute Gasteiger partial charge is 0.486 e. The van der Waals surface area contributed by atoms with Gasteiger partial charge in [-0.1, -0.05) is 5.16 Å². The van der Waals surface area contributed by atoms with Gasteiger partial charge >= 0.3 is 0 Å². The van der Waals surface area contributed by atoms with E-state index in [1.807, 2.05) is 6.92 Å². The molecule has 24 heavy (non-hydrogen) atoms. The average molecular weight is 350 g/mol. The van der Waals surface area contributed by atoms with Gasteiger partial charge in [0.15, 0.2) is 17.3 Å². The molecule has 7 nitrogen and oxygen atoms in total. The normalized spacial score (nSPS) is 21.1. The van der Waals surface area contributed by atoms with E-state index in [2.05, 4.69) is 5.16 Å². The van der Waals surface area contributed by atoms with E-state index in [0.29, 0.717) is 37.0 Å². The molecule has 1 aromatic carbocycles. The molecular weight excluding hydrogens is 332 g/mol. The number of hydrogen-bond acceptors (Lipinski definition) is 6. The highest BCUT2D eigenvalue weighted by atomic mass is 32.2. The molecule has 1 aromatic heterocycles. The molecule has 2 aromatic rings. The zero-order chi connectivity index (χ0) is 16.7. The smallest absolute Gasteiger partial charge is 0.243 e. The van der Waals surface area contributed by atoms with Gasteiger partial charge in [-0.3, -0.25) is 0 Å². The summed E-state index contributed by atoms with van der Waals surface area (Å²) in [5.41, 5.74) is 0.744. The fourth-order valence-corrected chi connectivity index (χ4v) is 4.85. The van der Waals surface area contributed by atoms with Crippen LogP contribution in [0.2, 0.25) is 0 Å². The van der Waals surface area contributed by atoms with Crippen molar-refractivity contribution >= 4 is 10.0 Å². The highest BCUT2D eigenvalue weighted by Gasteiger charge is 2.38. The highest BCUT2D eigenvalue weighted by molar-refractivity contribution is 7.89. The van der Waals surface area contributed by atoms with Crippen molar-refractivity contribution in [3.63, 3.8) is 0 Å². The van der Waals surface area contributed by atoms with Crippen molar-refractivity contribution in [3.05, 3.63) is 35.7 Å². The second-order valence-electron chi connectivity index (χ2n) is 5.95. The SMILES string of the molecule is Cc1cc([C@@H]2CCCN2S(=O)(=O)c2ccc3c(c2)OCCO3)on1. The van der Waals surface area contributed by atoms with Gasteiger partial charge in [-0.05, 0) is 31.9 Å². The number of aryl methyl sites for hydroxylation is 1. The van der Waals surface area contributed by atoms with E-state index >= 15 is 0 Å². The quantitative estimate of drug-likeness (QED) is 0.845. The van der Waals surface area contributed by atoms with Gasteiger partial charge in [0, 0.05) is 18.7 Å². The van der Waals surface area contributed by atoms with Crippen molar-refractivity contribution in [3.8, 4) is 11.5 Å². The predicted molar refractivity (Wildman–Crippen MR) is 84.5 cm³/mol. The second kappa shape index (κ2) is 5.78. The van der Waals surface area contributed by atoms with Crippen molar-refractivity contribution in [1.82, 2.24) is 9.46 Å². The lowest BCUT2D eigenvalue weighted by Gasteiger charge is -2.23. The molecule has 1 fully saturated rings. The summed E-state index contributed by atoms with van der Waals surface area (Å²) in [5.74, 6) is 1.63. The van der Waals surface area contributed by atoms with E-state index in [1.165, 1.54) is 10.4 Å². The fraction of sp³-hybridized carbons (Fsp3) is 0.438. The number of hydrogen-bond donors (Lipinski definition) is 0. The molecule has 2 aliphatic heterocycles. The Morgan fingerprint density at radius 1 is 1.17 bits per heavy atom. The van der Waals surface area contributed by atoms with Crippen LogP contribution in [-0.2, 0) is 10.0 Å². The third-order valence-electron chi connectivity index (χ3n) is 4.30. The Morgan fingerprint density at radius 3 is 2.71 bits per heavy atom. The molecule has 1 saturated heterocycles. The summed E-state index contributed by atoms with van der Waals surface area (Å²) in [6.07, 6.45) is 1.51. The van der Waals surface area contributed by atoms with Gasteiger partial charge in [0.1, 0.15) is 13.2 Å². The predicted octanol–water partition coefficient (Wildman–Crippen LogP) is 2.28. The van der Waals surface area contributed by atoms with E-state index in [0.717, 1.165) is 18.5 Å².